The molecule has 0 aliphatic carbocycles. The van der Waals surface area contributed by atoms with Crippen LogP contribution in [0.2, 0.25) is 0 Å². The van der Waals surface area contributed by atoms with Crippen LogP contribution in [0, 0.1) is 0 Å². The van der Waals surface area contributed by atoms with Gasteiger partial charge in [0.15, 0.2) is 0 Å². The summed E-state index contributed by atoms with van der Waals surface area (Å²) < 4.78 is 17.5. The highest BCUT2D eigenvalue weighted by Gasteiger charge is 2.20. The molecule has 0 aliphatic heterocycles. The Kier molecular flexibility index (Phi) is 7.56. The van der Waals surface area contributed by atoms with E-state index in [9.17, 15) is 9.67 Å². The van der Waals surface area contributed by atoms with Gasteiger partial charge in [-0.15, -0.1) is 0 Å². The number of aliphatic hydroxyl groups is 2. The normalized spacial score (nSPS) is 14.1. The van der Waals surface area contributed by atoms with Crippen LogP contribution in [0.4, 0.5) is 0 Å². The first kappa shape index (κ1) is 23.1. The van der Waals surface area contributed by atoms with Crippen LogP contribution in [0.25, 0.3) is 17.2 Å². The lowest BCUT2D eigenvalue weighted by atomic mass is 10.0. The Labute approximate surface area is 180 Å². The van der Waals surface area contributed by atoms with Gasteiger partial charge in [-0.1, -0.05) is 60.7 Å². The van der Waals surface area contributed by atoms with Gasteiger partial charge >= 0.3 is 7.82 Å². The number of aromatic nitrogens is 2. The molecule has 8 nitrogen and oxygen atoms in total. The predicted molar refractivity (Wildman–Crippen MR) is 117 cm³/mol. The third kappa shape index (κ3) is 6.45. The molecule has 3 aromatic rings. The second kappa shape index (κ2) is 10.2. The van der Waals surface area contributed by atoms with Crippen molar-refractivity contribution in [3.8, 4) is 11.1 Å². The Morgan fingerprint density at radius 3 is 2.26 bits per heavy atom. The van der Waals surface area contributed by atoms with Crippen molar-refractivity contribution in [2.24, 2.45) is 0 Å². The monoisotopic (exact) mass is 444 g/mol. The zero-order chi connectivity index (χ0) is 22.4. The first-order valence-electron chi connectivity index (χ1n) is 9.66. The molecule has 0 unspecified atom stereocenters. The minimum Gasteiger partial charge on any atom is -0.392 e. The van der Waals surface area contributed by atoms with Gasteiger partial charge in [0.05, 0.1) is 19.3 Å². The molecule has 2 aromatic carbocycles. The van der Waals surface area contributed by atoms with E-state index in [-0.39, 0.29) is 13.2 Å². The van der Waals surface area contributed by atoms with Crippen LogP contribution >= 0.6 is 7.82 Å². The van der Waals surface area contributed by atoms with E-state index in [0.717, 1.165) is 22.3 Å². The fourth-order valence-corrected chi connectivity index (χ4v) is 3.49. The Hall–Kier alpha value is -2.58. The Balaban J connectivity index is 1.80. The highest BCUT2D eigenvalue weighted by Crippen LogP contribution is 2.37. The van der Waals surface area contributed by atoms with Gasteiger partial charge in [-0.3, -0.25) is 4.52 Å². The van der Waals surface area contributed by atoms with Crippen molar-refractivity contribution in [3.63, 3.8) is 0 Å². The third-order valence-electron chi connectivity index (χ3n) is 4.73. The number of rotatable bonds is 9. The highest BCUT2D eigenvalue weighted by atomic mass is 31.2. The molecule has 4 N–H and O–H groups in total. The van der Waals surface area contributed by atoms with Crippen molar-refractivity contribution in [1.82, 2.24) is 9.55 Å². The van der Waals surface area contributed by atoms with Gasteiger partial charge in [0, 0.05) is 12.4 Å². The smallest absolute Gasteiger partial charge is 0.392 e. The summed E-state index contributed by atoms with van der Waals surface area (Å²) in [6.07, 6.45) is 5.85. The quantitative estimate of drug-likeness (QED) is 0.373. The van der Waals surface area contributed by atoms with E-state index >= 15 is 0 Å². The van der Waals surface area contributed by atoms with E-state index < -0.39 is 20.0 Å². The lowest BCUT2D eigenvalue weighted by molar-refractivity contribution is 0.164. The topological polar surface area (TPSA) is 125 Å². The van der Waals surface area contributed by atoms with Gasteiger partial charge in [0.2, 0.25) is 0 Å². The fraction of sp³-hybridized carbons (Fsp3) is 0.227. The van der Waals surface area contributed by atoms with Crippen LogP contribution in [-0.2, 0) is 15.7 Å². The van der Waals surface area contributed by atoms with Crippen LogP contribution in [0.1, 0.15) is 36.0 Å². The van der Waals surface area contributed by atoms with Crippen molar-refractivity contribution < 1.29 is 29.1 Å². The molecule has 1 aromatic heterocycles. The van der Waals surface area contributed by atoms with E-state index in [4.69, 9.17) is 19.4 Å². The highest BCUT2D eigenvalue weighted by molar-refractivity contribution is 7.46. The molecular formula is C22H25N2O6P. The molecule has 164 valence electrons. The number of imidazole rings is 1. The molecular weight excluding hydrogens is 419 g/mol. The van der Waals surface area contributed by atoms with Crippen LogP contribution in [0.15, 0.2) is 67.0 Å². The summed E-state index contributed by atoms with van der Waals surface area (Å²) in [5.74, 6) is 0.366. The summed E-state index contributed by atoms with van der Waals surface area (Å²) in [5, 5.41) is 19.1. The van der Waals surface area contributed by atoms with E-state index in [1.165, 1.54) is 6.20 Å². The first-order chi connectivity index (χ1) is 14.8. The molecule has 0 radical (unpaired) electrons. The van der Waals surface area contributed by atoms with E-state index in [1.54, 1.807) is 23.8 Å². The SMILES string of the molecule is C[C@H](O)c1nccn1[C@@H](/C=C/c1ccc(-c2ccc(CO)cc2)cc1)COP(=O)(O)O. The molecule has 0 fully saturated rings. The Bertz CT molecular complexity index is 1050. The van der Waals surface area contributed by atoms with Crippen molar-refractivity contribution in [3.05, 3.63) is 84.0 Å². The molecule has 9 heteroatoms. The number of nitrogens with zero attached hydrogens (tertiary/aromatic N) is 2. The summed E-state index contributed by atoms with van der Waals surface area (Å²) in [4.78, 5) is 22.3. The van der Waals surface area contributed by atoms with Gasteiger partial charge in [-0.25, -0.2) is 9.55 Å². The second-order valence-electron chi connectivity index (χ2n) is 7.06. The van der Waals surface area contributed by atoms with Crippen molar-refractivity contribution in [2.75, 3.05) is 6.61 Å². The van der Waals surface area contributed by atoms with E-state index in [1.807, 2.05) is 54.6 Å². The maximum atomic E-state index is 11.2. The van der Waals surface area contributed by atoms with Gasteiger partial charge < -0.3 is 24.6 Å². The number of phosphoric ester groups is 1. The Morgan fingerprint density at radius 2 is 1.71 bits per heavy atom. The van der Waals surface area contributed by atoms with Crippen molar-refractivity contribution >= 4 is 13.9 Å². The van der Waals surface area contributed by atoms with Gasteiger partial charge in [-0.05, 0) is 29.2 Å². The summed E-state index contributed by atoms with van der Waals surface area (Å²) in [6, 6.07) is 14.8. The molecule has 0 bridgehead atoms. The molecule has 0 saturated heterocycles. The molecule has 1 heterocycles. The van der Waals surface area contributed by atoms with Gasteiger partial charge in [-0.2, -0.15) is 0 Å². The fourth-order valence-electron chi connectivity index (χ4n) is 3.14. The molecule has 3 rings (SSSR count). The number of hydrogen-bond donors (Lipinski definition) is 4. The summed E-state index contributed by atoms with van der Waals surface area (Å²) in [5.41, 5.74) is 3.79. The lowest BCUT2D eigenvalue weighted by Gasteiger charge is -2.19. The van der Waals surface area contributed by atoms with Crippen molar-refractivity contribution in [1.29, 1.82) is 0 Å². The predicted octanol–water partition coefficient (Wildman–Crippen LogP) is 3.46. The summed E-state index contributed by atoms with van der Waals surface area (Å²) in [6.45, 7) is 1.28. The molecule has 31 heavy (non-hydrogen) atoms. The van der Waals surface area contributed by atoms with E-state index in [2.05, 4.69) is 4.98 Å². The number of aliphatic hydroxyl groups excluding tert-OH is 2. The molecule has 0 saturated carbocycles. The van der Waals surface area contributed by atoms with Gasteiger partial charge in [0.25, 0.3) is 0 Å². The summed E-state index contributed by atoms with van der Waals surface area (Å²) >= 11 is 0. The standard InChI is InChI=1S/C22H25N2O6P/c1-16(26)22-23-12-13-24(22)21(15-30-31(27,28)29)11-6-17-2-7-19(8-3-17)20-9-4-18(14-25)5-10-20/h2-13,16,21,25-26H,14-15H2,1H3,(H2,27,28,29)/b11-6+/t16-,21-/m0/s1. The number of benzene rings is 2. The minimum absolute atomic E-state index is 0.00456. The van der Waals surface area contributed by atoms with Crippen LogP contribution in [0.3, 0.4) is 0 Å². The average Bonchev–Trinajstić information content (AvgIpc) is 3.24. The molecule has 2 atom stereocenters. The lowest BCUT2D eigenvalue weighted by Crippen LogP contribution is -2.16. The second-order valence-corrected chi connectivity index (χ2v) is 8.30. The average molecular weight is 444 g/mol. The molecule has 0 spiro atoms. The molecule has 0 aliphatic rings. The van der Waals surface area contributed by atoms with Crippen LogP contribution in [0.5, 0.6) is 0 Å². The van der Waals surface area contributed by atoms with Crippen molar-refractivity contribution in [2.45, 2.75) is 25.7 Å². The van der Waals surface area contributed by atoms with Crippen LogP contribution in [-0.4, -0.2) is 36.2 Å². The minimum atomic E-state index is -4.65. The number of hydrogen-bond acceptors (Lipinski definition) is 5. The summed E-state index contributed by atoms with van der Waals surface area (Å²) in [7, 11) is -4.65. The van der Waals surface area contributed by atoms with E-state index in [0.29, 0.717) is 5.82 Å². The third-order valence-corrected chi connectivity index (χ3v) is 5.22. The zero-order valence-corrected chi connectivity index (χ0v) is 17.8. The zero-order valence-electron chi connectivity index (χ0n) is 16.9. The maximum absolute atomic E-state index is 11.2. The largest absolute Gasteiger partial charge is 0.469 e. The molecule has 0 amide bonds. The van der Waals surface area contributed by atoms with Gasteiger partial charge in [0.1, 0.15) is 11.9 Å². The van der Waals surface area contributed by atoms with Crippen LogP contribution < -0.4 is 0 Å². The Morgan fingerprint density at radius 1 is 1.10 bits per heavy atom. The number of phosphoric acid groups is 1. The first-order valence-corrected chi connectivity index (χ1v) is 11.2. The maximum Gasteiger partial charge on any atom is 0.469 e.